The third kappa shape index (κ3) is 5.40. The molecule has 1 aliphatic rings. The Hall–Kier alpha value is -4.01. The number of anilines is 3. The highest BCUT2D eigenvalue weighted by Gasteiger charge is 2.23. The Kier molecular flexibility index (Phi) is 7.24. The van der Waals surface area contributed by atoms with Crippen LogP contribution in [-0.2, 0) is 6.54 Å². The van der Waals surface area contributed by atoms with Gasteiger partial charge in [-0.1, -0.05) is 55.7 Å². The van der Waals surface area contributed by atoms with E-state index < -0.39 is 11.1 Å². The molecule has 1 aromatic heterocycles. The molecule has 9 heteroatoms. The zero-order valence-electron chi connectivity index (χ0n) is 20.0. The van der Waals surface area contributed by atoms with Gasteiger partial charge in [-0.3, -0.25) is 19.5 Å². The molecule has 1 fully saturated rings. The third-order valence-electron chi connectivity index (χ3n) is 6.24. The minimum atomic E-state index is -0.449. The summed E-state index contributed by atoms with van der Waals surface area (Å²) < 4.78 is 1.25. The molecule has 1 amide bonds. The number of nitrogens with one attached hydrogen (secondary N) is 3. The SMILES string of the molecule is CN(C)C(=O)c1cccc(Nc2c(NC3CCCCC3)c(=O)[nH]n(Cc3ccccc3)c2=O)c1O. The van der Waals surface area contributed by atoms with E-state index in [4.69, 9.17) is 0 Å². The number of aromatic amines is 1. The number of carbonyl (C=O) groups excluding carboxylic acids is 1. The van der Waals surface area contributed by atoms with Crippen LogP contribution < -0.4 is 21.8 Å². The molecule has 4 rings (SSSR count). The summed E-state index contributed by atoms with van der Waals surface area (Å²) in [6, 6.07) is 14.1. The molecule has 0 spiro atoms. The first-order valence-corrected chi connectivity index (χ1v) is 11.8. The first-order chi connectivity index (χ1) is 16.8. The van der Waals surface area contributed by atoms with Gasteiger partial charge in [-0.25, -0.2) is 4.68 Å². The molecule has 4 N–H and O–H groups in total. The molecule has 35 heavy (non-hydrogen) atoms. The highest BCUT2D eigenvalue weighted by molar-refractivity contribution is 5.98. The molecular weight excluding hydrogens is 446 g/mol. The van der Waals surface area contributed by atoms with Crippen LogP contribution in [0.5, 0.6) is 5.75 Å². The number of H-pyrrole nitrogens is 1. The molecule has 2 aromatic carbocycles. The van der Waals surface area contributed by atoms with E-state index in [0.29, 0.717) is 0 Å². The number of hydrogen-bond acceptors (Lipinski definition) is 6. The zero-order chi connectivity index (χ0) is 24.9. The summed E-state index contributed by atoms with van der Waals surface area (Å²) in [5.74, 6) is -0.664. The Morgan fingerprint density at radius 1 is 1.03 bits per heavy atom. The van der Waals surface area contributed by atoms with Crippen LogP contribution in [0, 0.1) is 0 Å². The molecule has 184 valence electrons. The van der Waals surface area contributed by atoms with Crippen molar-refractivity contribution in [2.75, 3.05) is 24.7 Å². The molecule has 0 atom stereocenters. The van der Waals surface area contributed by atoms with Gasteiger partial charge in [0.15, 0.2) is 5.75 Å². The second-order valence-corrected chi connectivity index (χ2v) is 9.07. The van der Waals surface area contributed by atoms with Crippen molar-refractivity contribution in [1.29, 1.82) is 0 Å². The van der Waals surface area contributed by atoms with Crippen molar-refractivity contribution in [2.24, 2.45) is 0 Å². The molecule has 0 saturated heterocycles. The second kappa shape index (κ2) is 10.5. The Bertz CT molecular complexity index is 1310. The van der Waals surface area contributed by atoms with Crippen LogP contribution in [0.15, 0.2) is 58.1 Å². The largest absolute Gasteiger partial charge is 0.505 e. The first kappa shape index (κ1) is 24.1. The van der Waals surface area contributed by atoms with Crippen LogP contribution in [0.1, 0.15) is 48.0 Å². The van der Waals surface area contributed by atoms with E-state index in [1.54, 1.807) is 26.2 Å². The summed E-state index contributed by atoms with van der Waals surface area (Å²) in [4.78, 5) is 40.6. The Morgan fingerprint density at radius 2 is 1.74 bits per heavy atom. The maximum atomic E-state index is 13.6. The topological polar surface area (TPSA) is 119 Å². The average Bonchev–Trinajstić information content (AvgIpc) is 2.86. The number of rotatable bonds is 7. The first-order valence-electron chi connectivity index (χ1n) is 11.8. The van der Waals surface area contributed by atoms with E-state index in [0.717, 1.165) is 37.7 Å². The maximum absolute atomic E-state index is 13.6. The number of phenols is 1. The minimum Gasteiger partial charge on any atom is -0.505 e. The molecule has 0 unspecified atom stereocenters. The predicted octanol–water partition coefficient (Wildman–Crippen LogP) is 3.48. The van der Waals surface area contributed by atoms with Crippen LogP contribution in [0.2, 0.25) is 0 Å². The summed E-state index contributed by atoms with van der Waals surface area (Å²) in [5.41, 5.74) is 0.388. The number of aromatic hydroxyl groups is 1. The van der Waals surface area contributed by atoms with Crippen molar-refractivity contribution < 1.29 is 9.90 Å². The Balaban J connectivity index is 1.78. The lowest BCUT2D eigenvalue weighted by Crippen LogP contribution is -2.36. The van der Waals surface area contributed by atoms with Crippen molar-refractivity contribution in [2.45, 2.75) is 44.7 Å². The van der Waals surface area contributed by atoms with E-state index >= 15 is 0 Å². The van der Waals surface area contributed by atoms with Crippen LogP contribution in [0.3, 0.4) is 0 Å². The van der Waals surface area contributed by atoms with Crippen molar-refractivity contribution in [3.63, 3.8) is 0 Å². The number of phenolic OH excluding ortho intramolecular Hbond substituents is 1. The van der Waals surface area contributed by atoms with Gasteiger partial charge >= 0.3 is 0 Å². The van der Waals surface area contributed by atoms with Crippen molar-refractivity contribution >= 4 is 23.0 Å². The number of aromatic nitrogens is 2. The molecule has 0 bridgehead atoms. The van der Waals surface area contributed by atoms with Gasteiger partial charge in [0.2, 0.25) is 0 Å². The summed E-state index contributed by atoms with van der Waals surface area (Å²) in [7, 11) is 3.18. The highest BCUT2D eigenvalue weighted by Crippen LogP contribution is 2.32. The summed E-state index contributed by atoms with van der Waals surface area (Å²) in [5, 5.41) is 19.7. The third-order valence-corrected chi connectivity index (χ3v) is 6.24. The van der Waals surface area contributed by atoms with Crippen LogP contribution in [0.25, 0.3) is 0 Å². The van der Waals surface area contributed by atoms with Crippen LogP contribution in [-0.4, -0.2) is 45.8 Å². The molecule has 1 saturated carbocycles. The number of nitrogens with zero attached hydrogens (tertiary/aromatic N) is 2. The number of carbonyl (C=O) groups is 1. The van der Waals surface area contributed by atoms with Gasteiger partial charge in [-0.05, 0) is 30.5 Å². The lowest BCUT2D eigenvalue weighted by Gasteiger charge is -2.25. The fraction of sp³-hybridized carbons (Fsp3) is 0.346. The lowest BCUT2D eigenvalue weighted by molar-refractivity contribution is 0.0824. The molecule has 0 radical (unpaired) electrons. The molecule has 0 aliphatic heterocycles. The zero-order valence-corrected chi connectivity index (χ0v) is 20.0. The molecular formula is C26H31N5O4. The maximum Gasteiger partial charge on any atom is 0.291 e. The van der Waals surface area contributed by atoms with Gasteiger partial charge in [-0.15, -0.1) is 0 Å². The fourth-order valence-electron chi connectivity index (χ4n) is 4.36. The molecule has 9 nitrogen and oxygen atoms in total. The monoisotopic (exact) mass is 477 g/mol. The number of para-hydroxylation sites is 1. The van der Waals surface area contributed by atoms with Gasteiger partial charge in [-0.2, -0.15) is 0 Å². The van der Waals surface area contributed by atoms with E-state index in [-0.39, 0.29) is 46.9 Å². The standard InChI is InChI=1S/C26H31N5O4/c1-30(2)25(34)19-14-9-15-20(23(19)32)28-22-21(27-18-12-7-4-8-13-18)24(33)29-31(26(22)35)16-17-10-5-3-6-11-17/h3,5-6,9-11,14-15,18,27-28,32H,4,7-8,12-13,16H2,1-2H3,(H,29,33). The van der Waals surface area contributed by atoms with Gasteiger partial charge < -0.3 is 20.6 Å². The van der Waals surface area contributed by atoms with E-state index in [1.165, 1.54) is 15.6 Å². The van der Waals surface area contributed by atoms with E-state index in [9.17, 15) is 19.5 Å². The average molecular weight is 478 g/mol. The minimum absolute atomic E-state index is 0.0278. The van der Waals surface area contributed by atoms with E-state index in [1.807, 2.05) is 30.3 Å². The van der Waals surface area contributed by atoms with Crippen LogP contribution in [0.4, 0.5) is 17.1 Å². The van der Waals surface area contributed by atoms with Gasteiger partial charge in [0.1, 0.15) is 11.4 Å². The molecule has 1 aliphatic carbocycles. The van der Waals surface area contributed by atoms with Crippen molar-refractivity contribution in [3.8, 4) is 5.75 Å². The predicted molar refractivity (Wildman–Crippen MR) is 137 cm³/mol. The Labute approximate surface area is 203 Å². The summed E-state index contributed by atoms with van der Waals surface area (Å²) in [6.45, 7) is 0.179. The second-order valence-electron chi connectivity index (χ2n) is 9.07. The fourth-order valence-corrected chi connectivity index (χ4v) is 4.36. The van der Waals surface area contributed by atoms with Crippen LogP contribution >= 0.6 is 0 Å². The van der Waals surface area contributed by atoms with Gasteiger partial charge in [0.25, 0.3) is 17.0 Å². The number of benzene rings is 2. The lowest BCUT2D eigenvalue weighted by atomic mass is 9.95. The highest BCUT2D eigenvalue weighted by atomic mass is 16.3. The molecule has 1 heterocycles. The van der Waals surface area contributed by atoms with E-state index in [2.05, 4.69) is 15.7 Å². The summed E-state index contributed by atoms with van der Waals surface area (Å²) in [6.07, 6.45) is 5.07. The number of amides is 1. The van der Waals surface area contributed by atoms with Crippen molar-refractivity contribution in [1.82, 2.24) is 14.7 Å². The van der Waals surface area contributed by atoms with Gasteiger partial charge in [0, 0.05) is 20.1 Å². The molecule has 3 aromatic rings. The van der Waals surface area contributed by atoms with Crippen molar-refractivity contribution in [3.05, 3.63) is 80.4 Å². The normalized spacial score (nSPS) is 13.9. The quantitative estimate of drug-likeness (QED) is 0.387. The Morgan fingerprint density at radius 3 is 2.43 bits per heavy atom. The van der Waals surface area contributed by atoms with Gasteiger partial charge in [0.05, 0.1) is 17.8 Å². The smallest absolute Gasteiger partial charge is 0.291 e. The number of hydrogen-bond donors (Lipinski definition) is 4. The summed E-state index contributed by atoms with van der Waals surface area (Å²) >= 11 is 0.